The molecule has 14 heavy (non-hydrogen) atoms. The lowest BCUT2D eigenvalue weighted by Crippen LogP contribution is -2.25. The largest absolute Gasteiger partial charge is 0.394 e. The van der Waals surface area contributed by atoms with Crippen molar-refractivity contribution < 1.29 is 5.11 Å². The Morgan fingerprint density at radius 2 is 2.29 bits per heavy atom. The third-order valence-corrected chi connectivity index (χ3v) is 2.05. The van der Waals surface area contributed by atoms with Crippen LogP contribution in [0.4, 0.5) is 5.69 Å². The molecule has 0 radical (unpaired) electrons. The molecular weight excluding hydrogens is 178 g/mol. The van der Waals surface area contributed by atoms with E-state index >= 15 is 0 Å². The van der Waals surface area contributed by atoms with Gasteiger partial charge < -0.3 is 10.4 Å². The summed E-state index contributed by atoms with van der Waals surface area (Å²) in [5, 5.41) is 16.5. The van der Waals surface area contributed by atoms with E-state index in [9.17, 15) is 0 Å². The molecule has 4 heteroatoms. The third kappa shape index (κ3) is 3.38. The Kier molecular flexibility index (Phi) is 3.95. The zero-order valence-electron chi connectivity index (χ0n) is 9.07. The zero-order chi connectivity index (χ0) is 10.6. The fourth-order valence-electron chi connectivity index (χ4n) is 1.48. The standard InChI is InChI=1S/C10H19N3O/c1-8(2)4-9(7-14)12-10-5-11-13(3)6-10/h5-6,8-9,12,14H,4,7H2,1-3H3. The molecule has 1 heterocycles. The topological polar surface area (TPSA) is 50.1 Å². The predicted molar refractivity (Wildman–Crippen MR) is 57.2 cm³/mol. The zero-order valence-corrected chi connectivity index (χ0v) is 9.07. The maximum atomic E-state index is 9.15. The summed E-state index contributed by atoms with van der Waals surface area (Å²) in [7, 11) is 1.88. The van der Waals surface area contributed by atoms with Gasteiger partial charge in [-0.05, 0) is 12.3 Å². The highest BCUT2D eigenvalue weighted by Crippen LogP contribution is 2.11. The summed E-state index contributed by atoms with van der Waals surface area (Å²) >= 11 is 0. The van der Waals surface area contributed by atoms with Crippen molar-refractivity contribution in [3.05, 3.63) is 12.4 Å². The molecular formula is C10H19N3O. The van der Waals surface area contributed by atoms with E-state index in [4.69, 9.17) is 5.11 Å². The molecule has 0 fully saturated rings. The summed E-state index contributed by atoms with van der Waals surface area (Å²) in [5.41, 5.74) is 0.965. The highest BCUT2D eigenvalue weighted by Gasteiger charge is 2.09. The first-order chi connectivity index (χ1) is 6.61. The molecule has 1 aromatic rings. The smallest absolute Gasteiger partial charge is 0.0729 e. The minimum Gasteiger partial charge on any atom is -0.394 e. The van der Waals surface area contributed by atoms with Crippen molar-refractivity contribution in [3.8, 4) is 0 Å². The lowest BCUT2D eigenvalue weighted by molar-refractivity contribution is 0.259. The minimum atomic E-state index is 0.124. The van der Waals surface area contributed by atoms with E-state index in [-0.39, 0.29) is 12.6 Å². The molecule has 2 N–H and O–H groups in total. The Labute approximate surface area is 84.9 Å². The van der Waals surface area contributed by atoms with E-state index in [0.717, 1.165) is 12.1 Å². The van der Waals surface area contributed by atoms with Gasteiger partial charge in [0, 0.05) is 19.3 Å². The second kappa shape index (κ2) is 5.00. The molecule has 0 aliphatic rings. The van der Waals surface area contributed by atoms with Crippen LogP contribution in [0.15, 0.2) is 12.4 Å². The van der Waals surface area contributed by atoms with E-state index < -0.39 is 0 Å². The lowest BCUT2D eigenvalue weighted by atomic mass is 10.0. The molecule has 1 unspecified atom stereocenters. The van der Waals surface area contributed by atoms with Crippen molar-refractivity contribution in [1.82, 2.24) is 9.78 Å². The van der Waals surface area contributed by atoms with Gasteiger partial charge >= 0.3 is 0 Å². The summed E-state index contributed by atoms with van der Waals surface area (Å²) in [6.45, 7) is 4.45. The van der Waals surface area contributed by atoms with Gasteiger partial charge in [0.05, 0.1) is 18.5 Å². The average Bonchev–Trinajstić information content (AvgIpc) is 2.49. The van der Waals surface area contributed by atoms with E-state index in [1.807, 2.05) is 13.2 Å². The van der Waals surface area contributed by atoms with Crippen LogP contribution in [0.25, 0.3) is 0 Å². The number of nitrogens with zero attached hydrogens (tertiary/aromatic N) is 2. The van der Waals surface area contributed by atoms with Gasteiger partial charge in [-0.2, -0.15) is 5.10 Å². The first kappa shape index (κ1) is 11.0. The maximum Gasteiger partial charge on any atom is 0.0729 e. The second-order valence-electron chi connectivity index (χ2n) is 4.06. The Bertz CT molecular complexity index is 270. The second-order valence-corrected chi connectivity index (χ2v) is 4.06. The van der Waals surface area contributed by atoms with Crippen LogP contribution in [0.3, 0.4) is 0 Å². The first-order valence-corrected chi connectivity index (χ1v) is 4.98. The van der Waals surface area contributed by atoms with E-state index in [1.54, 1.807) is 10.9 Å². The van der Waals surface area contributed by atoms with E-state index in [2.05, 4.69) is 24.3 Å². The monoisotopic (exact) mass is 197 g/mol. The van der Waals surface area contributed by atoms with Crippen molar-refractivity contribution in [3.63, 3.8) is 0 Å². The molecule has 0 amide bonds. The highest BCUT2D eigenvalue weighted by molar-refractivity contribution is 5.39. The van der Waals surface area contributed by atoms with Gasteiger partial charge in [-0.3, -0.25) is 4.68 Å². The van der Waals surface area contributed by atoms with Crippen LogP contribution in [-0.4, -0.2) is 27.5 Å². The number of aliphatic hydroxyl groups excluding tert-OH is 1. The van der Waals surface area contributed by atoms with Gasteiger partial charge in [0.25, 0.3) is 0 Å². The minimum absolute atomic E-state index is 0.124. The molecule has 0 saturated heterocycles. The number of anilines is 1. The molecule has 0 aliphatic heterocycles. The molecule has 0 saturated carbocycles. The first-order valence-electron chi connectivity index (χ1n) is 4.98. The fourth-order valence-corrected chi connectivity index (χ4v) is 1.48. The molecule has 0 aliphatic carbocycles. The Morgan fingerprint density at radius 1 is 1.57 bits per heavy atom. The Balaban J connectivity index is 2.48. The third-order valence-electron chi connectivity index (χ3n) is 2.05. The number of nitrogens with one attached hydrogen (secondary N) is 1. The summed E-state index contributed by atoms with van der Waals surface area (Å²) in [5.74, 6) is 0.580. The molecule has 1 atom stereocenters. The average molecular weight is 197 g/mol. The van der Waals surface area contributed by atoms with Crippen LogP contribution in [0.5, 0.6) is 0 Å². The summed E-state index contributed by atoms with van der Waals surface area (Å²) in [6.07, 6.45) is 4.64. The van der Waals surface area contributed by atoms with Gasteiger partial charge in [-0.15, -0.1) is 0 Å². The van der Waals surface area contributed by atoms with Crippen molar-refractivity contribution in [2.24, 2.45) is 13.0 Å². The lowest BCUT2D eigenvalue weighted by Gasteiger charge is -2.17. The number of aliphatic hydroxyl groups is 1. The SMILES string of the molecule is CC(C)CC(CO)Nc1cnn(C)c1. The Morgan fingerprint density at radius 3 is 2.71 bits per heavy atom. The van der Waals surface area contributed by atoms with E-state index in [0.29, 0.717) is 5.92 Å². The number of hydrogen-bond donors (Lipinski definition) is 2. The van der Waals surface area contributed by atoms with Gasteiger partial charge in [-0.1, -0.05) is 13.8 Å². The molecule has 0 bridgehead atoms. The molecule has 1 rings (SSSR count). The molecule has 1 aromatic heterocycles. The molecule has 0 spiro atoms. The molecule has 0 aromatic carbocycles. The number of hydrogen-bond acceptors (Lipinski definition) is 3. The normalized spacial score (nSPS) is 13.2. The van der Waals surface area contributed by atoms with Crippen LogP contribution in [0.2, 0.25) is 0 Å². The highest BCUT2D eigenvalue weighted by atomic mass is 16.3. The quantitative estimate of drug-likeness (QED) is 0.746. The van der Waals surface area contributed by atoms with E-state index in [1.165, 1.54) is 0 Å². The fraction of sp³-hybridized carbons (Fsp3) is 0.700. The van der Waals surface area contributed by atoms with Crippen molar-refractivity contribution in [2.75, 3.05) is 11.9 Å². The molecule has 80 valence electrons. The number of aryl methyl sites for hydroxylation is 1. The summed E-state index contributed by atoms with van der Waals surface area (Å²) in [6, 6.07) is 0.124. The summed E-state index contributed by atoms with van der Waals surface area (Å²) < 4.78 is 1.74. The number of aromatic nitrogens is 2. The van der Waals surface area contributed by atoms with Crippen LogP contribution in [0, 0.1) is 5.92 Å². The van der Waals surface area contributed by atoms with Crippen LogP contribution in [0.1, 0.15) is 20.3 Å². The van der Waals surface area contributed by atoms with Crippen molar-refractivity contribution in [1.29, 1.82) is 0 Å². The van der Waals surface area contributed by atoms with Gasteiger partial charge in [-0.25, -0.2) is 0 Å². The van der Waals surface area contributed by atoms with Crippen LogP contribution >= 0.6 is 0 Å². The molecule has 4 nitrogen and oxygen atoms in total. The van der Waals surface area contributed by atoms with Crippen molar-refractivity contribution >= 4 is 5.69 Å². The summed E-state index contributed by atoms with van der Waals surface area (Å²) in [4.78, 5) is 0. The maximum absolute atomic E-state index is 9.15. The van der Waals surface area contributed by atoms with Crippen molar-refractivity contribution in [2.45, 2.75) is 26.3 Å². The number of rotatable bonds is 5. The van der Waals surface area contributed by atoms with Gasteiger partial charge in [0.2, 0.25) is 0 Å². The predicted octanol–water partition coefficient (Wildman–Crippen LogP) is 1.24. The van der Waals surface area contributed by atoms with Crippen LogP contribution < -0.4 is 5.32 Å². The van der Waals surface area contributed by atoms with Gasteiger partial charge in [0.15, 0.2) is 0 Å². The van der Waals surface area contributed by atoms with Crippen LogP contribution in [-0.2, 0) is 7.05 Å². The van der Waals surface area contributed by atoms with Gasteiger partial charge in [0.1, 0.15) is 0 Å². The Hall–Kier alpha value is -1.03.